The van der Waals surface area contributed by atoms with E-state index < -0.39 is 16.3 Å². The van der Waals surface area contributed by atoms with Gasteiger partial charge in [-0.3, -0.25) is 4.72 Å². The van der Waals surface area contributed by atoms with E-state index in [1.165, 1.54) is 0 Å². The van der Waals surface area contributed by atoms with Crippen molar-refractivity contribution in [3.05, 3.63) is 29.8 Å². The van der Waals surface area contributed by atoms with E-state index in [0.29, 0.717) is 5.69 Å². The summed E-state index contributed by atoms with van der Waals surface area (Å²) in [4.78, 5) is 11.0. The van der Waals surface area contributed by atoms with Crippen LogP contribution in [0.1, 0.15) is 31.9 Å². The molecule has 0 saturated carbocycles. The Balaban J connectivity index is 2.91. The number of benzene rings is 1. The highest BCUT2D eigenvalue weighted by atomic mass is 32.2. The Morgan fingerprint density at radius 2 is 2.00 bits per heavy atom. The second-order valence-corrected chi connectivity index (χ2v) is 5.88. The van der Waals surface area contributed by atoms with Crippen LogP contribution in [0.3, 0.4) is 0 Å². The lowest BCUT2D eigenvalue weighted by atomic mass is 10.1. The standard InChI is InChI=1S/C13H21N3O4S/c1-4-9-14-10(2)11-7-5-6-8-12(11)15-21(18,19)16-13(17)20-3/h5-8,10,14-15H,4,9H2,1-3H3,(H,16,17). The van der Waals surface area contributed by atoms with E-state index in [1.54, 1.807) is 16.9 Å². The molecule has 0 aliphatic rings. The van der Waals surface area contributed by atoms with Crippen LogP contribution in [0, 0.1) is 0 Å². The molecule has 21 heavy (non-hydrogen) atoms. The van der Waals surface area contributed by atoms with E-state index in [0.717, 1.165) is 25.6 Å². The fourth-order valence-corrected chi connectivity index (χ4v) is 2.59. The van der Waals surface area contributed by atoms with Crippen LogP contribution >= 0.6 is 0 Å². The number of para-hydroxylation sites is 1. The van der Waals surface area contributed by atoms with Crippen LogP contribution in [0.4, 0.5) is 10.5 Å². The number of carbonyl (C=O) groups excluding carboxylic acids is 1. The fourth-order valence-electron chi connectivity index (χ4n) is 1.76. The Morgan fingerprint density at radius 3 is 2.62 bits per heavy atom. The number of hydrogen-bond acceptors (Lipinski definition) is 5. The van der Waals surface area contributed by atoms with E-state index in [4.69, 9.17) is 0 Å². The second kappa shape index (κ2) is 7.84. The molecule has 1 unspecified atom stereocenters. The van der Waals surface area contributed by atoms with Gasteiger partial charge < -0.3 is 10.1 Å². The van der Waals surface area contributed by atoms with E-state index >= 15 is 0 Å². The van der Waals surface area contributed by atoms with Crippen molar-refractivity contribution in [2.75, 3.05) is 18.4 Å². The van der Waals surface area contributed by atoms with Crippen molar-refractivity contribution >= 4 is 22.0 Å². The number of hydrogen-bond donors (Lipinski definition) is 3. The minimum atomic E-state index is -4.02. The molecule has 3 N–H and O–H groups in total. The minimum Gasteiger partial charge on any atom is -0.452 e. The van der Waals surface area contributed by atoms with Crippen LogP contribution in [0.25, 0.3) is 0 Å². The maximum atomic E-state index is 11.8. The van der Waals surface area contributed by atoms with E-state index in [1.807, 2.05) is 19.1 Å². The van der Waals surface area contributed by atoms with Crippen LogP contribution < -0.4 is 14.8 Å². The third kappa shape index (κ3) is 5.60. The molecule has 1 atom stereocenters. The second-order valence-electron chi connectivity index (χ2n) is 4.46. The molecule has 1 amide bonds. The highest BCUT2D eigenvalue weighted by Gasteiger charge is 2.17. The summed E-state index contributed by atoms with van der Waals surface area (Å²) in [6, 6.07) is 6.97. The maximum absolute atomic E-state index is 11.8. The molecule has 0 aromatic heterocycles. The van der Waals surface area contributed by atoms with Crippen LogP contribution in [0.15, 0.2) is 24.3 Å². The summed E-state index contributed by atoms with van der Waals surface area (Å²) in [6.07, 6.45) is -0.0700. The lowest BCUT2D eigenvalue weighted by molar-refractivity contribution is 0.177. The van der Waals surface area contributed by atoms with Crippen molar-refractivity contribution in [3.8, 4) is 0 Å². The van der Waals surface area contributed by atoms with Gasteiger partial charge in [0.2, 0.25) is 0 Å². The van der Waals surface area contributed by atoms with Crippen LogP contribution in [-0.4, -0.2) is 28.2 Å². The molecule has 0 saturated heterocycles. The molecule has 1 rings (SSSR count). The van der Waals surface area contributed by atoms with Gasteiger partial charge in [0.05, 0.1) is 12.8 Å². The average molecular weight is 315 g/mol. The first-order valence-electron chi connectivity index (χ1n) is 6.60. The van der Waals surface area contributed by atoms with E-state index in [9.17, 15) is 13.2 Å². The smallest absolute Gasteiger partial charge is 0.422 e. The Hall–Kier alpha value is -1.80. The summed E-state index contributed by atoms with van der Waals surface area (Å²) >= 11 is 0. The lowest BCUT2D eigenvalue weighted by Crippen LogP contribution is -2.35. The topological polar surface area (TPSA) is 96.5 Å². The maximum Gasteiger partial charge on any atom is 0.422 e. The van der Waals surface area contributed by atoms with Gasteiger partial charge in [0, 0.05) is 6.04 Å². The number of anilines is 1. The molecule has 118 valence electrons. The van der Waals surface area contributed by atoms with Crippen molar-refractivity contribution in [2.45, 2.75) is 26.3 Å². The zero-order valence-corrected chi connectivity index (χ0v) is 13.2. The molecular formula is C13H21N3O4S. The molecule has 1 aromatic carbocycles. The lowest BCUT2D eigenvalue weighted by Gasteiger charge is -2.18. The first kappa shape index (κ1) is 17.3. The first-order valence-corrected chi connectivity index (χ1v) is 8.08. The predicted molar refractivity (Wildman–Crippen MR) is 81.2 cm³/mol. The number of carbonyl (C=O) groups is 1. The number of nitrogens with one attached hydrogen (secondary N) is 3. The Labute approximate surface area is 125 Å². The highest BCUT2D eigenvalue weighted by Crippen LogP contribution is 2.23. The van der Waals surface area contributed by atoms with E-state index in [-0.39, 0.29) is 6.04 Å². The van der Waals surface area contributed by atoms with Gasteiger partial charge in [-0.25, -0.2) is 9.52 Å². The minimum absolute atomic E-state index is 0.0259. The van der Waals surface area contributed by atoms with Gasteiger partial charge in [0.1, 0.15) is 0 Å². The van der Waals surface area contributed by atoms with Gasteiger partial charge in [-0.2, -0.15) is 8.42 Å². The van der Waals surface area contributed by atoms with Crippen molar-refractivity contribution in [3.63, 3.8) is 0 Å². The molecule has 0 aliphatic carbocycles. The van der Waals surface area contributed by atoms with Gasteiger partial charge in [-0.1, -0.05) is 25.1 Å². The Kier molecular flexibility index (Phi) is 6.44. The van der Waals surface area contributed by atoms with Gasteiger partial charge in [-0.05, 0) is 31.5 Å². The van der Waals surface area contributed by atoms with Crippen LogP contribution in [0.5, 0.6) is 0 Å². The summed E-state index contributed by atoms with van der Waals surface area (Å²) in [6.45, 7) is 4.81. The quantitative estimate of drug-likeness (QED) is 0.712. The van der Waals surface area contributed by atoms with Gasteiger partial charge in [-0.15, -0.1) is 0 Å². The molecule has 0 radical (unpaired) electrons. The molecule has 0 bridgehead atoms. The van der Waals surface area contributed by atoms with Gasteiger partial charge in [0.25, 0.3) is 0 Å². The number of ether oxygens (including phenoxy) is 1. The largest absolute Gasteiger partial charge is 0.452 e. The Morgan fingerprint density at radius 1 is 1.33 bits per heavy atom. The van der Waals surface area contributed by atoms with Crippen LogP contribution in [-0.2, 0) is 14.9 Å². The molecule has 1 aromatic rings. The number of amides is 1. The summed E-state index contributed by atoms with van der Waals surface area (Å²) in [5, 5.41) is 3.28. The SMILES string of the molecule is CCCNC(C)c1ccccc1NS(=O)(=O)NC(=O)OC. The normalized spacial score (nSPS) is 12.5. The molecule has 8 heteroatoms. The first-order chi connectivity index (χ1) is 9.89. The number of rotatable bonds is 7. The summed E-state index contributed by atoms with van der Waals surface area (Å²) in [5.41, 5.74) is 1.20. The zero-order valence-electron chi connectivity index (χ0n) is 12.3. The molecule has 0 heterocycles. The summed E-state index contributed by atoms with van der Waals surface area (Å²) in [5.74, 6) is 0. The average Bonchev–Trinajstić information content (AvgIpc) is 2.44. The Bertz CT molecular complexity index is 575. The highest BCUT2D eigenvalue weighted by molar-refractivity contribution is 7.91. The molecule has 0 fully saturated rings. The molecular weight excluding hydrogens is 294 g/mol. The zero-order chi connectivity index (χ0) is 15.9. The summed E-state index contributed by atoms with van der Waals surface area (Å²) in [7, 11) is -2.93. The van der Waals surface area contributed by atoms with Crippen molar-refractivity contribution in [1.29, 1.82) is 0 Å². The van der Waals surface area contributed by atoms with E-state index in [2.05, 4.69) is 21.7 Å². The third-order valence-corrected chi connectivity index (χ3v) is 3.70. The molecule has 0 aliphatic heterocycles. The van der Waals surface area contributed by atoms with Crippen molar-refractivity contribution in [1.82, 2.24) is 10.0 Å². The molecule has 7 nitrogen and oxygen atoms in total. The number of methoxy groups -OCH3 is 1. The fraction of sp³-hybridized carbons (Fsp3) is 0.462. The predicted octanol–water partition coefficient (Wildman–Crippen LogP) is 1.76. The molecule has 0 spiro atoms. The van der Waals surface area contributed by atoms with Gasteiger partial charge in [0.15, 0.2) is 0 Å². The van der Waals surface area contributed by atoms with Crippen molar-refractivity contribution in [2.24, 2.45) is 0 Å². The van der Waals surface area contributed by atoms with Gasteiger partial charge >= 0.3 is 16.3 Å². The summed E-state index contributed by atoms with van der Waals surface area (Å²) < 4.78 is 32.0. The van der Waals surface area contributed by atoms with Crippen molar-refractivity contribution < 1.29 is 17.9 Å². The van der Waals surface area contributed by atoms with Crippen LogP contribution in [0.2, 0.25) is 0 Å². The third-order valence-electron chi connectivity index (χ3n) is 2.78. The monoisotopic (exact) mass is 315 g/mol.